The van der Waals surface area contributed by atoms with E-state index in [4.69, 9.17) is 4.98 Å². The molecule has 7 rings (SSSR count). The van der Waals surface area contributed by atoms with Crippen LogP contribution in [0.1, 0.15) is 24.0 Å². The van der Waals surface area contributed by atoms with Crippen LogP contribution in [0.15, 0.2) is 61.1 Å². The Morgan fingerprint density at radius 1 is 0.900 bits per heavy atom. The summed E-state index contributed by atoms with van der Waals surface area (Å²) in [6.45, 7) is 8.40. The van der Waals surface area contributed by atoms with E-state index in [1.54, 1.807) is 0 Å². The molecular weight excluding hydrogens is 500 g/mol. The molecule has 40 heavy (non-hydrogen) atoms. The number of hydrogen-bond donors (Lipinski definition) is 3. The molecule has 3 aromatic heterocycles. The summed E-state index contributed by atoms with van der Waals surface area (Å²) in [7, 11) is 2.17. The number of fused-ring (bicyclic) bond motifs is 2. The number of piperidine rings is 1. The van der Waals surface area contributed by atoms with Gasteiger partial charge in [-0.2, -0.15) is 0 Å². The fraction of sp³-hybridized carbons (Fsp3) is 0.419. The maximum atomic E-state index is 11.3. The van der Waals surface area contributed by atoms with E-state index in [2.05, 4.69) is 72.2 Å². The summed E-state index contributed by atoms with van der Waals surface area (Å²) >= 11 is 0. The van der Waals surface area contributed by atoms with Crippen LogP contribution in [0.4, 0.5) is 17.2 Å². The Morgan fingerprint density at radius 3 is 2.52 bits per heavy atom. The minimum Gasteiger partial charge on any atom is -0.388 e. The summed E-state index contributed by atoms with van der Waals surface area (Å²) in [5.41, 5.74) is 7.48. The molecule has 9 heteroatoms. The van der Waals surface area contributed by atoms with Crippen molar-refractivity contribution in [1.29, 1.82) is 0 Å². The van der Waals surface area contributed by atoms with Crippen molar-refractivity contribution in [2.75, 3.05) is 63.1 Å². The lowest BCUT2D eigenvalue weighted by Crippen LogP contribution is -2.54. The fourth-order valence-corrected chi connectivity index (χ4v) is 6.44. The molecule has 0 radical (unpaired) electrons. The number of imidazole rings is 1. The highest BCUT2D eigenvalue weighted by Gasteiger charge is 2.35. The van der Waals surface area contributed by atoms with E-state index in [-0.39, 0.29) is 0 Å². The van der Waals surface area contributed by atoms with Crippen LogP contribution in [0.3, 0.4) is 0 Å². The number of aromatic nitrogens is 3. The highest BCUT2D eigenvalue weighted by Crippen LogP contribution is 2.35. The standard InChI is InChI=1S/C31H38N8O/c1-36-14-16-37(17-15-36)22-31(40)9-12-38(13-10-31)23-5-8-29(33-18-23)35-27-7-6-24(25-19-32-20-26(25)27)28-21-34-30-4-2-3-11-39(28)30/h2-8,11,18,21,32,40H,9-10,12-17,19-20,22H2,1H3,(H,33,35). The van der Waals surface area contributed by atoms with Crippen LogP contribution in [-0.2, 0) is 13.1 Å². The predicted octanol–water partition coefficient (Wildman–Crippen LogP) is 3.32. The zero-order chi connectivity index (χ0) is 27.1. The monoisotopic (exact) mass is 538 g/mol. The first-order valence-corrected chi connectivity index (χ1v) is 14.4. The number of pyridine rings is 2. The number of nitrogens with zero attached hydrogens (tertiary/aromatic N) is 6. The van der Waals surface area contributed by atoms with E-state index in [1.807, 2.05) is 30.6 Å². The average molecular weight is 539 g/mol. The van der Waals surface area contributed by atoms with Crippen molar-refractivity contribution < 1.29 is 5.11 Å². The summed E-state index contributed by atoms with van der Waals surface area (Å²) in [5.74, 6) is 0.837. The molecule has 0 atom stereocenters. The molecule has 0 spiro atoms. The number of benzene rings is 1. The van der Waals surface area contributed by atoms with Gasteiger partial charge < -0.3 is 25.5 Å². The molecule has 6 heterocycles. The van der Waals surface area contributed by atoms with Gasteiger partial charge in [-0.3, -0.25) is 9.30 Å². The van der Waals surface area contributed by atoms with Crippen LogP contribution in [-0.4, -0.2) is 87.7 Å². The van der Waals surface area contributed by atoms with Crippen molar-refractivity contribution in [1.82, 2.24) is 29.5 Å². The molecule has 0 bridgehead atoms. The largest absolute Gasteiger partial charge is 0.388 e. The molecule has 3 N–H and O–H groups in total. The van der Waals surface area contributed by atoms with Crippen molar-refractivity contribution in [2.45, 2.75) is 31.5 Å². The average Bonchev–Trinajstić information content (AvgIpc) is 3.64. The van der Waals surface area contributed by atoms with Gasteiger partial charge in [-0.1, -0.05) is 12.1 Å². The number of rotatable bonds is 6. The normalized spacial score (nSPS) is 19.7. The summed E-state index contributed by atoms with van der Waals surface area (Å²) in [6.07, 6.45) is 7.57. The second kappa shape index (κ2) is 10.5. The van der Waals surface area contributed by atoms with Gasteiger partial charge in [0.25, 0.3) is 0 Å². The number of piperazine rings is 1. The summed E-state index contributed by atoms with van der Waals surface area (Å²) in [5, 5.41) is 18.3. The molecule has 208 valence electrons. The molecule has 0 unspecified atom stereocenters. The van der Waals surface area contributed by atoms with Gasteiger partial charge in [-0.25, -0.2) is 9.97 Å². The SMILES string of the molecule is CN1CCN(CC2(O)CCN(c3ccc(Nc4ccc(-c5cnc6ccccn56)c5c4CNC5)nc3)CC2)CC1. The third-order valence-corrected chi connectivity index (χ3v) is 8.91. The second-order valence-corrected chi connectivity index (χ2v) is 11.6. The number of nitrogens with one attached hydrogen (secondary N) is 2. The van der Waals surface area contributed by atoms with Gasteiger partial charge in [0.2, 0.25) is 0 Å². The Morgan fingerprint density at radius 2 is 1.73 bits per heavy atom. The van der Waals surface area contributed by atoms with Crippen LogP contribution in [0.5, 0.6) is 0 Å². The Balaban J connectivity index is 1.02. The highest BCUT2D eigenvalue weighted by molar-refractivity contribution is 5.75. The quantitative estimate of drug-likeness (QED) is 0.345. The molecule has 0 saturated carbocycles. The van der Waals surface area contributed by atoms with Gasteiger partial charge in [0, 0.05) is 76.4 Å². The summed E-state index contributed by atoms with van der Waals surface area (Å²) < 4.78 is 2.15. The van der Waals surface area contributed by atoms with Crippen molar-refractivity contribution in [3.05, 3.63) is 72.2 Å². The van der Waals surface area contributed by atoms with Gasteiger partial charge in [0.05, 0.1) is 29.4 Å². The van der Waals surface area contributed by atoms with Crippen LogP contribution >= 0.6 is 0 Å². The number of hydrogen-bond acceptors (Lipinski definition) is 8. The van der Waals surface area contributed by atoms with Gasteiger partial charge >= 0.3 is 0 Å². The Labute approximate surface area is 235 Å². The second-order valence-electron chi connectivity index (χ2n) is 11.6. The number of likely N-dealkylation sites (N-methyl/N-ethyl adjacent to an activating group) is 1. The van der Waals surface area contributed by atoms with Gasteiger partial charge in [0.1, 0.15) is 11.5 Å². The Bertz CT molecular complexity index is 1480. The van der Waals surface area contributed by atoms with Crippen LogP contribution in [0.25, 0.3) is 16.9 Å². The topological polar surface area (TPSA) is 84.2 Å². The van der Waals surface area contributed by atoms with Crippen molar-refractivity contribution >= 4 is 22.8 Å². The number of β-amino-alcohol motifs (C(OH)–C–C–N with tert-alkyl or cyclic N) is 1. The van der Waals surface area contributed by atoms with Gasteiger partial charge in [-0.05, 0) is 61.3 Å². The van der Waals surface area contributed by atoms with E-state index in [0.717, 1.165) is 100 Å². The molecule has 3 aliphatic heterocycles. The van der Waals surface area contributed by atoms with Crippen LogP contribution < -0.4 is 15.5 Å². The van der Waals surface area contributed by atoms with Crippen LogP contribution in [0.2, 0.25) is 0 Å². The zero-order valence-electron chi connectivity index (χ0n) is 23.2. The van der Waals surface area contributed by atoms with E-state index in [1.165, 1.54) is 16.7 Å². The highest BCUT2D eigenvalue weighted by atomic mass is 16.3. The van der Waals surface area contributed by atoms with E-state index in [9.17, 15) is 5.11 Å². The molecule has 2 fully saturated rings. The number of aliphatic hydroxyl groups is 1. The summed E-state index contributed by atoms with van der Waals surface area (Å²) in [6, 6.07) is 14.6. The minimum atomic E-state index is -0.592. The van der Waals surface area contributed by atoms with Gasteiger partial charge in [-0.15, -0.1) is 0 Å². The maximum absolute atomic E-state index is 11.3. The van der Waals surface area contributed by atoms with E-state index >= 15 is 0 Å². The molecular formula is C31H38N8O. The third-order valence-electron chi connectivity index (χ3n) is 8.91. The first kappa shape index (κ1) is 25.5. The van der Waals surface area contributed by atoms with E-state index in [0.29, 0.717) is 0 Å². The third kappa shape index (κ3) is 4.94. The molecule has 1 aromatic carbocycles. The first-order valence-electron chi connectivity index (χ1n) is 14.4. The summed E-state index contributed by atoms with van der Waals surface area (Å²) in [4.78, 5) is 16.5. The lowest BCUT2D eigenvalue weighted by Gasteiger charge is -2.43. The predicted molar refractivity (Wildman–Crippen MR) is 159 cm³/mol. The molecule has 3 aliphatic rings. The lowest BCUT2D eigenvalue weighted by atomic mass is 9.90. The minimum absolute atomic E-state index is 0.592. The maximum Gasteiger partial charge on any atom is 0.137 e. The van der Waals surface area contributed by atoms with Crippen molar-refractivity contribution in [2.24, 2.45) is 0 Å². The molecule has 0 aliphatic carbocycles. The van der Waals surface area contributed by atoms with E-state index < -0.39 is 5.60 Å². The smallest absolute Gasteiger partial charge is 0.137 e. The number of anilines is 3. The van der Waals surface area contributed by atoms with Gasteiger partial charge in [0.15, 0.2) is 0 Å². The van der Waals surface area contributed by atoms with Crippen molar-refractivity contribution in [3.63, 3.8) is 0 Å². The molecule has 4 aromatic rings. The molecule has 2 saturated heterocycles. The lowest BCUT2D eigenvalue weighted by molar-refractivity contribution is -0.0250. The Hall–Kier alpha value is -3.50. The van der Waals surface area contributed by atoms with Crippen molar-refractivity contribution in [3.8, 4) is 11.3 Å². The molecule has 9 nitrogen and oxygen atoms in total. The fourth-order valence-electron chi connectivity index (χ4n) is 6.44. The molecule has 0 amide bonds. The first-order chi connectivity index (χ1) is 19.5. The van der Waals surface area contributed by atoms with Crippen LogP contribution in [0, 0.1) is 0 Å². The Kier molecular flexibility index (Phi) is 6.67. The zero-order valence-corrected chi connectivity index (χ0v) is 23.2.